The first-order valence-corrected chi connectivity index (χ1v) is 8.67. The first kappa shape index (κ1) is 15.9. The number of nitrogens with zero attached hydrogens (tertiary/aromatic N) is 4. The third-order valence-electron chi connectivity index (χ3n) is 3.80. The second-order valence-electron chi connectivity index (χ2n) is 5.41. The van der Waals surface area contributed by atoms with Crippen LogP contribution in [0.4, 0.5) is 0 Å². The van der Waals surface area contributed by atoms with Crippen molar-refractivity contribution in [2.45, 2.75) is 19.9 Å². The summed E-state index contributed by atoms with van der Waals surface area (Å²) in [7, 11) is 0. The Morgan fingerprint density at radius 2 is 2.22 bits per heavy atom. The standard InChI is InChI=1S/C16H20N4O2S/c1-2-14-17-15(22-18-14)12-19-7-9-20(10-8-19)16(21)6-5-13-4-3-11-23-13/h3-6,11H,2,7-10,12H2,1H3/b6-5+. The molecule has 3 rings (SSSR count). The van der Waals surface area contributed by atoms with Gasteiger partial charge in [-0.1, -0.05) is 18.1 Å². The number of thiophene rings is 1. The third kappa shape index (κ3) is 4.27. The van der Waals surface area contributed by atoms with Gasteiger partial charge in [0.15, 0.2) is 5.82 Å². The summed E-state index contributed by atoms with van der Waals surface area (Å²) in [5, 5.41) is 5.91. The Morgan fingerprint density at radius 3 is 2.87 bits per heavy atom. The molecule has 23 heavy (non-hydrogen) atoms. The summed E-state index contributed by atoms with van der Waals surface area (Å²) in [4.78, 5) is 21.7. The molecule has 0 N–H and O–H groups in total. The molecule has 0 unspecified atom stereocenters. The lowest BCUT2D eigenvalue weighted by atomic mass is 10.3. The van der Waals surface area contributed by atoms with Gasteiger partial charge in [-0.05, 0) is 17.5 Å². The lowest BCUT2D eigenvalue weighted by Crippen LogP contribution is -2.47. The summed E-state index contributed by atoms with van der Waals surface area (Å²) in [6, 6.07) is 3.98. The topological polar surface area (TPSA) is 62.5 Å². The Labute approximate surface area is 139 Å². The Bertz CT molecular complexity index is 657. The number of carbonyl (C=O) groups is 1. The molecule has 6 nitrogen and oxygen atoms in total. The van der Waals surface area contributed by atoms with Crippen molar-refractivity contribution >= 4 is 23.3 Å². The number of aromatic nitrogens is 2. The van der Waals surface area contributed by atoms with Crippen molar-refractivity contribution in [1.29, 1.82) is 0 Å². The summed E-state index contributed by atoms with van der Waals surface area (Å²) in [5.41, 5.74) is 0. The highest BCUT2D eigenvalue weighted by Gasteiger charge is 2.21. The quantitative estimate of drug-likeness (QED) is 0.784. The molecule has 0 spiro atoms. The maximum Gasteiger partial charge on any atom is 0.246 e. The van der Waals surface area contributed by atoms with Crippen molar-refractivity contribution < 1.29 is 9.32 Å². The molecule has 0 aromatic carbocycles. The van der Waals surface area contributed by atoms with E-state index in [2.05, 4.69) is 15.0 Å². The van der Waals surface area contributed by atoms with Crippen molar-refractivity contribution in [2.24, 2.45) is 0 Å². The van der Waals surface area contributed by atoms with Gasteiger partial charge in [0, 0.05) is 43.6 Å². The van der Waals surface area contributed by atoms with Crippen LogP contribution in [-0.2, 0) is 17.8 Å². The molecule has 7 heteroatoms. The summed E-state index contributed by atoms with van der Waals surface area (Å²) in [5.74, 6) is 1.47. The minimum Gasteiger partial charge on any atom is -0.338 e. The molecule has 1 amide bonds. The fourth-order valence-electron chi connectivity index (χ4n) is 2.46. The van der Waals surface area contributed by atoms with Crippen LogP contribution >= 0.6 is 11.3 Å². The van der Waals surface area contributed by atoms with E-state index in [1.807, 2.05) is 35.4 Å². The van der Waals surface area contributed by atoms with E-state index >= 15 is 0 Å². The minimum atomic E-state index is 0.0732. The van der Waals surface area contributed by atoms with E-state index < -0.39 is 0 Å². The van der Waals surface area contributed by atoms with Gasteiger partial charge in [-0.15, -0.1) is 11.3 Å². The Kier molecular flexibility index (Phi) is 5.19. The monoisotopic (exact) mass is 332 g/mol. The van der Waals surface area contributed by atoms with Gasteiger partial charge in [0.25, 0.3) is 0 Å². The lowest BCUT2D eigenvalue weighted by molar-refractivity contribution is -0.127. The molecule has 3 heterocycles. The highest BCUT2D eigenvalue weighted by Crippen LogP contribution is 2.12. The fourth-order valence-corrected chi connectivity index (χ4v) is 3.08. The molecular weight excluding hydrogens is 312 g/mol. The maximum absolute atomic E-state index is 12.2. The molecule has 2 aromatic rings. The van der Waals surface area contributed by atoms with E-state index in [0.29, 0.717) is 12.4 Å². The van der Waals surface area contributed by atoms with E-state index in [0.717, 1.165) is 43.3 Å². The average molecular weight is 332 g/mol. The fraction of sp³-hybridized carbons (Fsp3) is 0.438. The average Bonchev–Trinajstić information content (AvgIpc) is 3.25. The van der Waals surface area contributed by atoms with E-state index in [4.69, 9.17) is 4.52 Å². The lowest BCUT2D eigenvalue weighted by Gasteiger charge is -2.33. The molecule has 0 bridgehead atoms. The highest BCUT2D eigenvalue weighted by atomic mass is 32.1. The first-order valence-electron chi connectivity index (χ1n) is 7.79. The second-order valence-corrected chi connectivity index (χ2v) is 6.39. The predicted molar refractivity (Wildman–Crippen MR) is 88.9 cm³/mol. The van der Waals surface area contributed by atoms with Crippen LogP contribution in [0, 0.1) is 0 Å². The van der Waals surface area contributed by atoms with Crippen LogP contribution in [0.3, 0.4) is 0 Å². The van der Waals surface area contributed by atoms with Crippen LogP contribution in [-0.4, -0.2) is 52.0 Å². The van der Waals surface area contributed by atoms with Crippen LogP contribution in [0.15, 0.2) is 28.1 Å². The van der Waals surface area contributed by atoms with Crippen molar-refractivity contribution in [1.82, 2.24) is 19.9 Å². The number of hydrogen-bond donors (Lipinski definition) is 0. The Balaban J connectivity index is 1.47. The van der Waals surface area contributed by atoms with Gasteiger partial charge in [0.1, 0.15) is 0 Å². The zero-order valence-electron chi connectivity index (χ0n) is 13.1. The first-order chi connectivity index (χ1) is 11.2. The van der Waals surface area contributed by atoms with E-state index in [1.54, 1.807) is 17.4 Å². The molecule has 0 radical (unpaired) electrons. The van der Waals surface area contributed by atoms with E-state index in [1.165, 1.54) is 0 Å². The molecule has 1 aliphatic heterocycles. The van der Waals surface area contributed by atoms with Gasteiger partial charge in [0.05, 0.1) is 6.54 Å². The zero-order valence-corrected chi connectivity index (χ0v) is 14.0. The smallest absolute Gasteiger partial charge is 0.246 e. The van der Waals surface area contributed by atoms with Crippen LogP contribution < -0.4 is 0 Å². The maximum atomic E-state index is 12.2. The molecule has 1 fully saturated rings. The molecule has 1 aliphatic rings. The summed E-state index contributed by atoms with van der Waals surface area (Å²) >= 11 is 1.63. The number of aryl methyl sites for hydroxylation is 1. The molecular formula is C16H20N4O2S. The molecule has 1 saturated heterocycles. The van der Waals surface area contributed by atoms with Gasteiger partial charge in [-0.3, -0.25) is 9.69 Å². The van der Waals surface area contributed by atoms with Gasteiger partial charge >= 0.3 is 0 Å². The van der Waals surface area contributed by atoms with Gasteiger partial charge < -0.3 is 9.42 Å². The molecule has 0 aliphatic carbocycles. The van der Waals surface area contributed by atoms with Crippen LogP contribution in [0.1, 0.15) is 23.5 Å². The Hall–Kier alpha value is -1.99. The summed E-state index contributed by atoms with van der Waals surface area (Å²) < 4.78 is 5.22. The minimum absolute atomic E-state index is 0.0732. The van der Waals surface area contributed by atoms with E-state index in [9.17, 15) is 4.79 Å². The largest absolute Gasteiger partial charge is 0.338 e. The molecule has 122 valence electrons. The number of piperazine rings is 1. The molecule has 2 aromatic heterocycles. The SMILES string of the molecule is CCc1noc(CN2CCN(C(=O)/C=C/c3cccs3)CC2)n1. The number of carbonyl (C=O) groups excluding carboxylic acids is 1. The molecule has 0 atom stereocenters. The zero-order chi connectivity index (χ0) is 16.1. The Morgan fingerprint density at radius 1 is 1.39 bits per heavy atom. The third-order valence-corrected chi connectivity index (χ3v) is 4.64. The van der Waals surface area contributed by atoms with Crippen molar-refractivity contribution in [2.75, 3.05) is 26.2 Å². The second kappa shape index (κ2) is 7.52. The molecule has 0 saturated carbocycles. The predicted octanol–water partition coefficient (Wildman–Crippen LogP) is 2.05. The number of rotatable bonds is 5. The van der Waals surface area contributed by atoms with Crippen LogP contribution in [0.25, 0.3) is 6.08 Å². The highest BCUT2D eigenvalue weighted by molar-refractivity contribution is 7.10. The van der Waals surface area contributed by atoms with Crippen LogP contribution in [0.2, 0.25) is 0 Å². The van der Waals surface area contributed by atoms with Gasteiger partial charge in [-0.25, -0.2) is 0 Å². The number of hydrogen-bond acceptors (Lipinski definition) is 6. The van der Waals surface area contributed by atoms with Crippen LogP contribution in [0.5, 0.6) is 0 Å². The normalized spacial score (nSPS) is 16.3. The van der Waals surface area contributed by atoms with Gasteiger partial charge in [0.2, 0.25) is 11.8 Å². The van der Waals surface area contributed by atoms with Crippen molar-refractivity contribution in [3.8, 4) is 0 Å². The summed E-state index contributed by atoms with van der Waals surface area (Å²) in [6.07, 6.45) is 4.32. The summed E-state index contributed by atoms with van der Waals surface area (Å²) in [6.45, 7) is 5.75. The van der Waals surface area contributed by atoms with Gasteiger partial charge in [-0.2, -0.15) is 4.98 Å². The van der Waals surface area contributed by atoms with Crippen molar-refractivity contribution in [3.63, 3.8) is 0 Å². The van der Waals surface area contributed by atoms with E-state index in [-0.39, 0.29) is 5.91 Å². The van der Waals surface area contributed by atoms with Crippen molar-refractivity contribution in [3.05, 3.63) is 40.2 Å². The number of amides is 1.